The number of fused-ring (bicyclic) bond motifs is 1. The molecule has 1 aromatic heterocycles. The molecule has 1 N–H and O–H groups in total. The Morgan fingerprint density at radius 3 is 2.48 bits per heavy atom. The number of aromatic nitrogens is 3. The molecule has 2 heterocycles. The third-order valence-electron chi connectivity index (χ3n) is 6.95. The lowest BCUT2D eigenvalue weighted by atomic mass is 10.0. The summed E-state index contributed by atoms with van der Waals surface area (Å²) >= 11 is 0. The Labute approximate surface area is 191 Å². The van der Waals surface area contributed by atoms with Crippen molar-refractivity contribution in [2.45, 2.75) is 25.7 Å². The molecule has 1 aliphatic heterocycles. The molecule has 33 heavy (non-hydrogen) atoms. The van der Waals surface area contributed by atoms with Crippen molar-refractivity contribution < 1.29 is 4.79 Å². The average molecular weight is 439 g/mol. The van der Waals surface area contributed by atoms with E-state index < -0.39 is 0 Å². The molecule has 6 heteroatoms. The van der Waals surface area contributed by atoms with Gasteiger partial charge < -0.3 is 4.90 Å². The van der Waals surface area contributed by atoms with Crippen molar-refractivity contribution in [1.82, 2.24) is 19.7 Å². The Hall–Kier alpha value is -3.67. The van der Waals surface area contributed by atoms with Crippen LogP contribution < -0.4 is 5.69 Å². The Morgan fingerprint density at radius 2 is 1.70 bits per heavy atom. The van der Waals surface area contributed by atoms with Crippen molar-refractivity contribution in [2.75, 3.05) is 13.1 Å². The van der Waals surface area contributed by atoms with Gasteiger partial charge in [-0.05, 0) is 65.3 Å². The monoisotopic (exact) mass is 438 g/mol. The molecular weight excluding hydrogens is 412 g/mol. The van der Waals surface area contributed by atoms with Gasteiger partial charge in [0.25, 0.3) is 0 Å². The number of benzene rings is 3. The van der Waals surface area contributed by atoms with E-state index in [0.29, 0.717) is 18.2 Å². The summed E-state index contributed by atoms with van der Waals surface area (Å²) in [7, 11) is 0. The van der Waals surface area contributed by atoms with Gasteiger partial charge in [0.1, 0.15) is 5.82 Å². The zero-order valence-electron chi connectivity index (χ0n) is 18.4. The van der Waals surface area contributed by atoms with E-state index in [9.17, 15) is 9.59 Å². The van der Waals surface area contributed by atoms with Gasteiger partial charge in [0.05, 0.1) is 5.69 Å². The number of nitrogens with zero attached hydrogens (tertiary/aromatic N) is 3. The van der Waals surface area contributed by atoms with Crippen LogP contribution in [0.1, 0.15) is 25.1 Å². The summed E-state index contributed by atoms with van der Waals surface area (Å²) in [4.78, 5) is 26.9. The fraction of sp³-hybridized carbons (Fsp3) is 0.296. The van der Waals surface area contributed by atoms with Gasteiger partial charge in [-0.2, -0.15) is 5.10 Å². The lowest BCUT2D eigenvalue weighted by Gasteiger charge is -2.16. The molecule has 1 saturated heterocycles. The first-order valence-corrected chi connectivity index (χ1v) is 11.7. The molecule has 3 aromatic carbocycles. The average Bonchev–Trinajstić information content (AvgIpc) is 3.50. The van der Waals surface area contributed by atoms with E-state index in [0.717, 1.165) is 55.0 Å². The van der Waals surface area contributed by atoms with Crippen molar-refractivity contribution in [2.24, 2.45) is 11.8 Å². The molecule has 1 aliphatic carbocycles. The van der Waals surface area contributed by atoms with Gasteiger partial charge in [0.2, 0.25) is 5.91 Å². The second kappa shape index (κ2) is 8.03. The molecule has 6 nitrogen and oxygen atoms in total. The van der Waals surface area contributed by atoms with E-state index in [1.165, 1.54) is 10.8 Å². The molecule has 6 rings (SSSR count). The molecule has 0 radical (unpaired) electrons. The Morgan fingerprint density at radius 1 is 0.939 bits per heavy atom. The van der Waals surface area contributed by atoms with Gasteiger partial charge in [0.15, 0.2) is 0 Å². The summed E-state index contributed by atoms with van der Waals surface area (Å²) in [6.07, 6.45) is 3.71. The molecule has 166 valence electrons. The van der Waals surface area contributed by atoms with Crippen LogP contribution in [0.15, 0.2) is 71.5 Å². The van der Waals surface area contributed by atoms with Gasteiger partial charge in [-0.1, -0.05) is 48.5 Å². The quantitative estimate of drug-likeness (QED) is 0.508. The third kappa shape index (κ3) is 3.86. The molecule has 1 amide bonds. The van der Waals surface area contributed by atoms with Crippen LogP contribution in [0.25, 0.3) is 27.6 Å². The van der Waals surface area contributed by atoms with E-state index in [4.69, 9.17) is 0 Å². The van der Waals surface area contributed by atoms with E-state index in [-0.39, 0.29) is 11.6 Å². The van der Waals surface area contributed by atoms with Crippen molar-refractivity contribution in [1.29, 1.82) is 0 Å². The molecule has 2 fully saturated rings. The van der Waals surface area contributed by atoms with E-state index in [2.05, 4.69) is 40.5 Å². The number of carbonyl (C=O) groups is 1. The minimum absolute atomic E-state index is 0.229. The predicted molar refractivity (Wildman–Crippen MR) is 128 cm³/mol. The largest absolute Gasteiger partial charge is 0.347 e. The fourth-order valence-electron chi connectivity index (χ4n) is 4.95. The highest BCUT2D eigenvalue weighted by Gasteiger charge is 2.36. The smallest absolute Gasteiger partial charge is 0.342 e. The van der Waals surface area contributed by atoms with E-state index in [1.54, 1.807) is 4.57 Å². The Kier molecular flexibility index (Phi) is 4.86. The van der Waals surface area contributed by atoms with E-state index >= 15 is 0 Å². The summed E-state index contributed by atoms with van der Waals surface area (Å²) in [6.45, 7) is 1.58. The number of amides is 1. The van der Waals surface area contributed by atoms with Crippen LogP contribution in [0, 0.1) is 11.8 Å². The Balaban J connectivity index is 1.22. The van der Waals surface area contributed by atoms with Gasteiger partial charge in [0, 0.05) is 25.4 Å². The number of hydrogen-bond donors (Lipinski definition) is 1. The Bertz CT molecular complexity index is 1380. The van der Waals surface area contributed by atoms with Crippen LogP contribution in [0.5, 0.6) is 0 Å². The minimum atomic E-state index is -0.229. The SMILES string of the molecule is O=C(C1CC1)N1CCC(Cc2n[nH]c(=O)n2-c2ccc(-c3ccc4ccccc4c3)cc2)C1. The highest BCUT2D eigenvalue weighted by molar-refractivity contribution is 5.87. The molecular formula is C27H26N4O2. The highest BCUT2D eigenvalue weighted by Crippen LogP contribution is 2.33. The van der Waals surface area contributed by atoms with Crippen molar-refractivity contribution >= 4 is 16.7 Å². The maximum atomic E-state index is 12.6. The van der Waals surface area contributed by atoms with Crippen LogP contribution in [-0.4, -0.2) is 38.7 Å². The van der Waals surface area contributed by atoms with Gasteiger partial charge in [-0.25, -0.2) is 14.5 Å². The summed E-state index contributed by atoms with van der Waals surface area (Å²) in [5, 5.41) is 9.35. The standard InChI is InChI=1S/C27H26N4O2/c32-26(21-6-7-21)30-14-13-18(17-30)15-25-28-29-27(33)31(25)24-11-9-20(10-12-24)23-8-5-19-3-1-2-4-22(19)16-23/h1-5,8-12,16,18,21H,6-7,13-15,17H2,(H,29,33). The number of nitrogens with one attached hydrogen (secondary N) is 1. The number of likely N-dealkylation sites (tertiary alicyclic amines) is 1. The van der Waals surface area contributed by atoms with Crippen LogP contribution in [0.3, 0.4) is 0 Å². The third-order valence-corrected chi connectivity index (χ3v) is 6.95. The predicted octanol–water partition coefficient (Wildman–Crippen LogP) is 4.18. The molecule has 2 aliphatic rings. The number of aromatic amines is 1. The maximum Gasteiger partial charge on any atom is 0.347 e. The number of carbonyl (C=O) groups excluding carboxylic acids is 1. The van der Waals surface area contributed by atoms with Crippen molar-refractivity contribution in [3.05, 3.63) is 83.0 Å². The maximum absolute atomic E-state index is 12.6. The van der Waals surface area contributed by atoms with Crippen LogP contribution in [-0.2, 0) is 11.2 Å². The second-order valence-corrected chi connectivity index (χ2v) is 9.31. The second-order valence-electron chi connectivity index (χ2n) is 9.31. The van der Waals surface area contributed by atoms with Crippen LogP contribution in [0.2, 0.25) is 0 Å². The number of H-pyrrole nitrogens is 1. The minimum Gasteiger partial charge on any atom is -0.342 e. The molecule has 1 saturated carbocycles. The first-order valence-electron chi connectivity index (χ1n) is 11.7. The van der Waals surface area contributed by atoms with Crippen molar-refractivity contribution in [3.8, 4) is 16.8 Å². The first-order chi connectivity index (χ1) is 16.2. The first kappa shape index (κ1) is 20.0. The van der Waals surface area contributed by atoms with E-state index in [1.807, 2.05) is 41.3 Å². The van der Waals surface area contributed by atoms with Gasteiger partial charge >= 0.3 is 5.69 Å². The summed E-state index contributed by atoms with van der Waals surface area (Å²) in [5.74, 6) is 1.62. The molecule has 4 aromatic rings. The lowest BCUT2D eigenvalue weighted by Crippen LogP contribution is -2.30. The number of hydrogen-bond acceptors (Lipinski definition) is 3. The van der Waals surface area contributed by atoms with Crippen LogP contribution >= 0.6 is 0 Å². The normalized spacial score (nSPS) is 18.2. The summed E-state index contributed by atoms with van der Waals surface area (Å²) in [5.41, 5.74) is 2.82. The molecule has 1 atom stereocenters. The molecule has 0 spiro atoms. The van der Waals surface area contributed by atoms with Crippen molar-refractivity contribution in [3.63, 3.8) is 0 Å². The summed E-state index contributed by atoms with van der Waals surface area (Å²) < 4.78 is 1.66. The van der Waals surface area contributed by atoms with Crippen LogP contribution in [0.4, 0.5) is 0 Å². The lowest BCUT2D eigenvalue weighted by molar-refractivity contribution is -0.131. The topological polar surface area (TPSA) is 71.0 Å². The van der Waals surface area contributed by atoms with Gasteiger partial charge in [-0.15, -0.1) is 0 Å². The fourth-order valence-corrected chi connectivity index (χ4v) is 4.95. The molecule has 0 bridgehead atoms. The zero-order chi connectivity index (χ0) is 22.4. The molecule has 1 unspecified atom stereocenters. The number of rotatable bonds is 5. The van der Waals surface area contributed by atoms with Gasteiger partial charge in [-0.3, -0.25) is 4.79 Å². The summed E-state index contributed by atoms with van der Waals surface area (Å²) in [6, 6.07) is 22.8. The zero-order valence-corrected chi connectivity index (χ0v) is 18.4. The highest BCUT2D eigenvalue weighted by atomic mass is 16.2.